The Kier molecular flexibility index (Phi) is 9.18. The Morgan fingerprint density at radius 3 is 2.69 bits per heavy atom. The first kappa shape index (κ1) is 28.5. The molecule has 1 aromatic carbocycles. The summed E-state index contributed by atoms with van der Waals surface area (Å²) >= 11 is 0. The maximum absolute atomic E-state index is 15.1. The van der Waals surface area contributed by atoms with E-state index in [-0.39, 0.29) is 54.2 Å². The average molecular weight is 544 g/mol. The first-order valence-corrected chi connectivity index (χ1v) is 13.4. The molecule has 1 aliphatic heterocycles. The standard InChI is InChI=1S/C27H38FN7O4/c1-5-21-26(38)34(4)22-16-30-27(32-24(22)35(21)17-8-6-7-9-17)31-20-15-19(28)18(14-23(20)39-13-12-36)25(37)29-10-11-33(2)3/h14-17,21,36H,5-13H2,1-4H3,(H,29,37)(H,30,31,32)/t21-/m1/s1. The molecule has 0 saturated heterocycles. The normalized spacial score (nSPS) is 17.5. The summed E-state index contributed by atoms with van der Waals surface area (Å²) in [4.78, 5) is 40.6. The number of aliphatic hydroxyl groups excluding tert-OH is 1. The highest BCUT2D eigenvalue weighted by molar-refractivity contribution is 6.04. The van der Waals surface area contributed by atoms with Crippen LogP contribution in [0.25, 0.3) is 0 Å². The summed E-state index contributed by atoms with van der Waals surface area (Å²) in [6.45, 7) is 2.65. The minimum atomic E-state index is -0.738. The van der Waals surface area contributed by atoms with Gasteiger partial charge in [0.1, 0.15) is 29.9 Å². The third-order valence-corrected chi connectivity index (χ3v) is 7.17. The van der Waals surface area contributed by atoms with Crippen molar-refractivity contribution in [2.75, 3.05) is 62.6 Å². The summed E-state index contributed by atoms with van der Waals surface area (Å²) in [6.07, 6.45) is 6.42. The number of fused-ring (bicyclic) bond motifs is 1. The Balaban J connectivity index is 1.66. The van der Waals surface area contributed by atoms with E-state index in [1.165, 1.54) is 6.07 Å². The van der Waals surface area contributed by atoms with Gasteiger partial charge < -0.3 is 35.2 Å². The maximum Gasteiger partial charge on any atom is 0.254 e. The second-order valence-corrected chi connectivity index (χ2v) is 10.2. The summed E-state index contributed by atoms with van der Waals surface area (Å²) in [5.74, 6) is -0.254. The molecule has 2 aliphatic rings. The van der Waals surface area contributed by atoms with Gasteiger partial charge in [-0.15, -0.1) is 0 Å². The largest absolute Gasteiger partial charge is 0.489 e. The number of halogens is 1. The molecule has 1 atom stereocenters. The van der Waals surface area contributed by atoms with E-state index in [1.807, 2.05) is 25.9 Å². The number of amides is 2. The summed E-state index contributed by atoms with van der Waals surface area (Å²) in [5.41, 5.74) is 0.664. The Hall–Kier alpha value is -3.51. The number of benzene rings is 1. The summed E-state index contributed by atoms with van der Waals surface area (Å²) in [6, 6.07) is 2.36. The van der Waals surface area contributed by atoms with Gasteiger partial charge in [-0.3, -0.25) is 9.59 Å². The predicted molar refractivity (Wildman–Crippen MR) is 147 cm³/mol. The molecule has 1 fully saturated rings. The van der Waals surface area contributed by atoms with E-state index in [2.05, 4.69) is 20.5 Å². The minimum absolute atomic E-state index is 0.0161. The number of aromatic nitrogens is 2. The summed E-state index contributed by atoms with van der Waals surface area (Å²) in [7, 11) is 5.48. The molecule has 1 saturated carbocycles. The van der Waals surface area contributed by atoms with Crippen LogP contribution >= 0.6 is 0 Å². The van der Waals surface area contributed by atoms with Crippen LogP contribution in [0.5, 0.6) is 5.75 Å². The van der Waals surface area contributed by atoms with Gasteiger partial charge in [0.05, 0.1) is 24.1 Å². The number of carbonyl (C=O) groups is 2. The van der Waals surface area contributed by atoms with Crippen molar-refractivity contribution in [3.05, 3.63) is 29.7 Å². The van der Waals surface area contributed by atoms with Crippen molar-refractivity contribution in [2.24, 2.45) is 0 Å². The molecule has 4 rings (SSSR count). The average Bonchev–Trinajstić information content (AvgIpc) is 3.44. The van der Waals surface area contributed by atoms with Crippen molar-refractivity contribution in [1.82, 2.24) is 20.2 Å². The zero-order chi connectivity index (χ0) is 28.1. The highest BCUT2D eigenvalue weighted by Gasteiger charge is 2.41. The highest BCUT2D eigenvalue weighted by atomic mass is 19.1. The molecule has 39 heavy (non-hydrogen) atoms. The van der Waals surface area contributed by atoms with Gasteiger partial charge in [-0.2, -0.15) is 4.98 Å². The Bertz CT molecular complexity index is 1190. The van der Waals surface area contributed by atoms with Crippen LogP contribution in [0.3, 0.4) is 0 Å². The molecule has 212 valence electrons. The minimum Gasteiger partial charge on any atom is -0.489 e. The van der Waals surface area contributed by atoms with Gasteiger partial charge in [-0.25, -0.2) is 9.37 Å². The monoisotopic (exact) mass is 543 g/mol. The quantitative estimate of drug-likeness (QED) is 0.392. The van der Waals surface area contributed by atoms with Crippen LogP contribution in [-0.4, -0.2) is 91.3 Å². The van der Waals surface area contributed by atoms with Crippen LogP contribution in [-0.2, 0) is 4.79 Å². The van der Waals surface area contributed by atoms with E-state index in [4.69, 9.17) is 9.72 Å². The second kappa shape index (κ2) is 12.6. The Labute approximate surface area is 228 Å². The molecule has 0 radical (unpaired) electrons. The van der Waals surface area contributed by atoms with E-state index < -0.39 is 11.7 Å². The van der Waals surface area contributed by atoms with Crippen molar-refractivity contribution in [3.63, 3.8) is 0 Å². The van der Waals surface area contributed by atoms with Crippen LogP contribution in [0.4, 0.5) is 27.5 Å². The van der Waals surface area contributed by atoms with Crippen molar-refractivity contribution in [1.29, 1.82) is 0 Å². The van der Waals surface area contributed by atoms with E-state index in [0.29, 0.717) is 31.0 Å². The lowest BCUT2D eigenvalue weighted by molar-refractivity contribution is -0.120. The molecule has 0 spiro atoms. The number of hydrogen-bond acceptors (Lipinski definition) is 9. The molecule has 0 bridgehead atoms. The summed E-state index contributed by atoms with van der Waals surface area (Å²) in [5, 5.41) is 15.0. The van der Waals surface area contributed by atoms with Gasteiger partial charge in [0, 0.05) is 32.2 Å². The lowest BCUT2D eigenvalue weighted by atomic mass is 10.0. The van der Waals surface area contributed by atoms with Crippen LogP contribution < -0.4 is 25.2 Å². The number of ether oxygens (including phenoxy) is 1. The molecule has 1 aromatic heterocycles. The molecule has 2 aromatic rings. The van der Waals surface area contributed by atoms with Crippen molar-refractivity contribution >= 4 is 35.0 Å². The predicted octanol–water partition coefficient (Wildman–Crippen LogP) is 2.53. The van der Waals surface area contributed by atoms with Crippen molar-refractivity contribution in [3.8, 4) is 5.75 Å². The second-order valence-electron chi connectivity index (χ2n) is 10.2. The number of nitrogens with zero attached hydrogens (tertiary/aromatic N) is 5. The van der Waals surface area contributed by atoms with Crippen molar-refractivity contribution in [2.45, 2.75) is 51.1 Å². The van der Waals surface area contributed by atoms with E-state index in [9.17, 15) is 14.7 Å². The number of rotatable bonds is 11. The third-order valence-electron chi connectivity index (χ3n) is 7.17. The lowest BCUT2D eigenvalue weighted by Crippen LogP contribution is -2.55. The fourth-order valence-corrected chi connectivity index (χ4v) is 5.15. The third kappa shape index (κ3) is 6.22. The molecule has 3 N–H and O–H groups in total. The number of hydrogen-bond donors (Lipinski definition) is 3. The van der Waals surface area contributed by atoms with Gasteiger partial charge in [0.15, 0.2) is 5.82 Å². The van der Waals surface area contributed by atoms with Crippen LogP contribution in [0.2, 0.25) is 0 Å². The summed E-state index contributed by atoms with van der Waals surface area (Å²) < 4.78 is 20.8. The highest BCUT2D eigenvalue weighted by Crippen LogP contribution is 2.40. The van der Waals surface area contributed by atoms with Gasteiger partial charge >= 0.3 is 0 Å². The number of aliphatic hydroxyl groups is 1. The number of anilines is 4. The molecule has 0 unspecified atom stereocenters. The molecule has 2 heterocycles. The number of likely N-dealkylation sites (N-methyl/N-ethyl adjacent to an activating group) is 2. The smallest absolute Gasteiger partial charge is 0.254 e. The van der Waals surface area contributed by atoms with Crippen LogP contribution in [0.15, 0.2) is 18.3 Å². The fraction of sp³-hybridized carbons (Fsp3) is 0.556. The maximum atomic E-state index is 15.1. The number of carbonyl (C=O) groups excluding carboxylic acids is 2. The SMILES string of the molecule is CC[C@@H]1C(=O)N(C)c2cnc(Nc3cc(F)c(C(=O)NCCN(C)C)cc3OCCO)nc2N1C1CCCC1. The van der Waals surface area contributed by atoms with Gasteiger partial charge in [-0.05, 0) is 39.4 Å². The zero-order valence-corrected chi connectivity index (χ0v) is 23.0. The van der Waals surface area contributed by atoms with E-state index >= 15 is 4.39 Å². The van der Waals surface area contributed by atoms with E-state index in [1.54, 1.807) is 18.1 Å². The first-order chi connectivity index (χ1) is 18.7. The molecule has 12 heteroatoms. The van der Waals surface area contributed by atoms with Crippen LogP contribution in [0, 0.1) is 5.82 Å². The van der Waals surface area contributed by atoms with Crippen molar-refractivity contribution < 1.29 is 23.8 Å². The van der Waals surface area contributed by atoms with E-state index in [0.717, 1.165) is 31.7 Å². The molecule has 2 amide bonds. The lowest BCUT2D eigenvalue weighted by Gasteiger charge is -2.43. The molecule has 11 nitrogen and oxygen atoms in total. The Morgan fingerprint density at radius 1 is 1.28 bits per heavy atom. The van der Waals surface area contributed by atoms with Gasteiger partial charge in [0.2, 0.25) is 11.9 Å². The first-order valence-electron chi connectivity index (χ1n) is 13.4. The molecule has 1 aliphatic carbocycles. The van der Waals surface area contributed by atoms with Gasteiger partial charge in [-0.1, -0.05) is 19.8 Å². The molecular weight excluding hydrogens is 505 g/mol. The van der Waals surface area contributed by atoms with Crippen LogP contribution in [0.1, 0.15) is 49.4 Å². The van der Waals surface area contributed by atoms with Gasteiger partial charge in [0.25, 0.3) is 5.91 Å². The fourth-order valence-electron chi connectivity index (χ4n) is 5.15. The Morgan fingerprint density at radius 2 is 2.03 bits per heavy atom. The zero-order valence-electron chi connectivity index (χ0n) is 23.0. The number of nitrogens with one attached hydrogen (secondary N) is 2. The molecular formula is C27H38FN7O4. The topological polar surface area (TPSA) is 123 Å².